The molecule has 0 unspecified atom stereocenters. The van der Waals surface area contributed by atoms with Crippen LogP contribution in [0.15, 0.2) is 71.8 Å². The Bertz CT molecular complexity index is 1150. The minimum absolute atomic E-state index is 0.0231. The molecule has 4 rings (SSSR count). The first kappa shape index (κ1) is 22.8. The van der Waals surface area contributed by atoms with E-state index >= 15 is 0 Å². The van der Waals surface area contributed by atoms with Crippen molar-refractivity contribution >= 4 is 17.2 Å². The smallest absolute Gasteiger partial charge is 0.271 e. The Hall–Kier alpha value is -3.41. The lowest BCUT2D eigenvalue weighted by Gasteiger charge is -2.47. The quantitative estimate of drug-likeness (QED) is 0.426. The van der Waals surface area contributed by atoms with E-state index in [-0.39, 0.29) is 11.5 Å². The average Bonchev–Trinajstić information content (AvgIpc) is 2.73. The van der Waals surface area contributed by atoms with Gasteiger partial charge in [0.05, 0.1) is 10.6 Å². The lowest BCUT2D eigenvalue weighted by Crippen LogP contribution is -2.50. The predicted molar refractivity (Wildman–Crippen MR) is 129 cm³/mol. The maximum atomic E-state index is 13.6. The van der Waals surface area contributed by atoms with Crippen LogP contribution in [0.4, 0.5) is 11.4 Å². The highest BCUT2D eigenvalue weighted by Gasteiger charge is 2.49. The SMILES string of the molecule is CC(C)(C)C1=CC2(C=C(C(C)(C)C)C1=O)Nc1cc([N+](=O)[O-])ccc1O[C@H]2c1ccccc1. The van der Waals surface area contributed by atoms with Gasteiger partial charge in [-0.15, -0.1) is 0 Å². The van der Waals surface area contributed by atoms with Crippen molar-refractivity contribution in [3.05, 3.63) is 87.5 Å². The van der Waals surface area contributed by atoms with Crippen LogP contribution in [0.1, 0.15) is 53.2 Å². The molecule has 0 fully saturated rings. The molecule has 2 aliphatic rings. The van der Waals surface area contributed by atoms with Crippen LogP contribution in [0.25, 0.3) is 0 Å². The fourth-order valence-electron chi connectivity index (χ4n) is 4.46. The van der Waals surface area contributed by atoms with Gasteiger partial charge in [-0.3, -0.25) is 14.9 Å². The molecule has 33 heavy (non-hydrogen) atoms. The van der Waals surface area contributed by atoms with Crippen molar-refractivity contribution in [1.29, 1.82) is 0 Å². The number of nitro benzene ring substituents is 1. The minimum atomic E-state index is -0.900. The van der Waals surface area contributed by atoms with Crippen LogP contribution in [0.2, 0.25) is 0 Å². The molecule has 6 heteroatoms. The van der Waals surface area contributed by atoms with Gasteiger partial charge in [-0.25, -0.2) is 0 Å². The fourth-order valence-corrected chi connectivity index (χ4v) is 4.46. The number of nitrogens with zero attached hydrogens (tertiary/aromatic N) is 1. The van der Waals surface area contributed by atoms with Crippen LogP contribution < -0.4 is 10.1 Å². The zero-order valence-electron chi connectivity index (χ0n) is 19.9. The second-order valence-electron chi connectivity index (χ2n) is 10.8. The molecule has 2 aromatic rings. The van der Waals surface area contributed by atoms with Crippen molar-refractivity contribution in [3.63, 3.8) is 0 Å². The summed E-state index contributed by atoms with van der Waals surface area (Å²) in [5.74, 6) is 0.562. The Kier molecular flexibility index (Phi) is 5.23. The van der Waals surface area contributed by atoms with Crippen LogP contribution >= 0.6 is 0 Å². The Morgan fingerprint density at radius 2 is 1.52 bits per heavy atom. The molecule has 0 saturated heterocycles. The lowest BCUT2D eigenvalue weighted by atomic mass is 9.67. The van der Waals surface area contributed by atoms with E-state index in [2.05, 4.69) is 5.32 Å². The standard InChI is InChI=1S/C27H30N2O4/c1-25(2,3)19-15-27(16-20(23(19)30)26(4,5)6)24(17-10-8-7-9-11-17)33-22-13-12-18(29(31)32)14-21(22)28-27/h7-16,24,28H,1-6H3/t24-/m0/s1. The Morgan fingerprint density at radius 3 is 2.03 bits per heavy atom. The fraction of sp³-hybridized carbons (Fsp3) is 0.370. The molecule has 1 aliphatic carbocycles. The maximum Gasteiger partial charge on any atom is 0.271 e. The molecular formula is C27H30N2O4. The van der Waals surface area contributed by atoms with Gasteiger partial charge in [0, 0.05) is 23.3 Å². The van der Waals surface area contributed by atoms with Crippen molar-refractivity contribution < 1.29 is 14.5 Å². The summed E-state index contributed by atoms with van der Waals surface area (Å²) in [4.78, 5) is 24.6. The highest BCUT2D eigenvalue weighted by atomic mass is 16.6. The molecule has 0 amide bonds. The number of benzene rings is 2. The van der Waals surface area contributed by atoms with Gasteiger partial charge in [-0.05, 0) is 34.6 Å². The number of ether oxygens (including phenoxy) is 1. The minimum Gasteiger partial charge on any atom is -0.480 e. The first-order valence-electron chi connectivity index (χ1n) is 11.1. The normalized spacial score (nSPS) is 19.7. The van der Waals surface area contributed by atoms with Crippen molar-refractivity contribution in [2.75, 3.05) is 5.32 Å². The summed E-state index contributed by atoms with van der Waals surface area (Å²) in [6, 6.07) is 14.4. The molecule has 1 N–H and O–H groups in total. The second kappa shape index (κ2) is 7.58. The highest BCUT2D eigenvalue weighted by Crippen LogP contribution is 2.50. The molecule has 0 bridgehead atoms. The molecule has 2 aromatic carbocycles. The molecule has 1 atom stereocenters. The Balaban J connectivity index is 2.01. The molecule has 1 aliphatic heterocycles. The Labute approximate surface area is 194 Å². The van der Waals surface area contributed by atoms with Gasteiger partial charge in [-0.1, -0.05) is 71.9 Å². The number of hydrogen-bond acceptors (Lipinski definition) is 5. The number of allylic oxidation sites excluding steroid dienone is 2. The third kappa shape index (κ3) is 4.06. The van der Waals surface area contributed by atoms with Crippen LogP contribution in [0.3, 0.4) is 0 Å². The lowest BCUT2D eigenvalue weighted by molar-refractivity contribution is -0.384. The molecular weight excluding hydrogens is 416 g/mol. The van der Waals surface area contributed by atoms with Crippen molar-refractivity contribution in [1.82, 2.24) is 0 Å². The van der Waals surface area contributed by atoms with Gasteiger partial charge >= 0.3 is 0 Å². The molecule has 1 spiro atoms. The molecule has 0 saturated carbocycles. The maximum absolute atomic E-state index is 13.6. The molecule has 0 radical (unpaired) electrons. The van der Waals surface area contributed by atoms with E-state index in [0.29, 0.717) is 22.6 Å². The van der Waals surface area contributed by atoms with Crippen molar-refractivity contribution in [2.45, 2.75) is 53.2 Å². The van der Waals surface area contributed by atoms with Gasteiger partial charge in [0.2, 0.25) is 0 Å². The van der Waals surface area contributed by atoms with E-state index in [0.717, 1.165) is 5.56 Å². The van der Waals surface area contributed by atoms with Crippen molar-refractivity contribution in [3.8, 4) is 5.75 Å². The zero-order valence-corrected chi connectivity index (χ0v) is 19.9. The van der Waals surface area contributed by atoms with Gasteiger partial charge in [0.15, 0.2) is 11.9 Å². The Morgan fingerprint density at radius 1 is 0.939 bits per heavy atom. The van der Waals surface area contributed by atoms with Crippen molar-refractivity contribution in [2.24, 2.45) is 10.8 Å². The van der Waals surface area contributed by atoms with Gasteiger partial charge in [0.1, 0.15) is 11.3 Å². The monoisotopic (exact) mass is 446 g/mol. The number of Topliss-reactive ketones (excluding diaryl/α,β-unsaturated/α-hetero) is 1. The summed E-state index contributed by atoms with van der Waals surface area (Å²) in [5, 5.41) is 15.0. The van der Waals surface area contributed by atoms with Gasteiger partial charge in [-0.2, -0.15) is 0 Å². The number of carbonyl (C=O) groups excluding carboxylic acids is 1. The first-order valence-corrected chi connectivity index (χ1v) is 11.1. The van der Waals surface area contributed by atoms with E-state index in [1.54, 1.807) is 6.07 Å². The summed E-state index contributed by atoms with van der Waals surface area (Å²) >= 11 is 0. The van der Waals surface area contributed by atoms with Crippen LogP contribution in [-0.4, -0.2) is 16.2 Å². The van der Waals surface area contributed by atoms with Crippen LogP contribution in [-0.2, 0) is 4.79 Å². The highest BCUT2D eigenvalue weighted by molar-refractivity contribution is 6.11. The van der Waals surface area contributed by atoms with Crippen LogP contribution in [0, 0.1) is 20.9 Å². The number of nitro groups is 1. The molecule has 0 aromatic heterocycles. The largest absolute Gasteiger partial charge is 0.480 e. The van der Waals surface area contributed by atoms with E-state index in [4.69, 9.17) is 4.74 Å². The number of nitrogens with one attached hydrogen (secondary N) is 1. The number of non-ortho nitro benzene ring substituents is 1. The van der Waals surface area contributed by atoms with Gasteiger partial charge < -0.3 is 10.1 Å². The van der Waals surface area contributed by atoms with Crippen LogP contribution in [0.5, 0.6) is 5.75 Å². The number of hydrogen-bond donors (Lipinski definition) is 1. The third-order valence-electron chi connectivity index (χ3n) is 6.18. The number of rotatable bonds is 2. The van der Waals surface area contributed by atoms with E-state index in [1.807, 2.05) is 84.0 Å². The summed E-state index contributed by atoms with van der Waals surface area (Å²) in [5.41, 5.74) is 1.13. The topological polar surface area (TPSA) is 81.5 Å². The summed E-state index contributed by atoms with van der Waals surface area (Å²) in [6.07, 6.45) is 3.45. The van der Waals surface area contributed by atoms with E-state index in [9.17, 15) is 14.9 Å². The van der Waals surface area contributed by atoms with Gasteiger partial charge in [0.25, 0.3) is 5.69 Å². The number of carbonyl (C=O) groups is 1. The third-order valence-corrected chi connectivity index (χ3v) is 6.18. The summed E-state index contributed by atoms with van der Waals surface area (Å²) in [6.45, 7) is 12.1. The molecule has 1 heterocycles. The second-order valence-corrected chi connectivity index (χ2v) is 10.8. The zero-order chi connectivity index (χ0) is 24.2. The summed E-state index contributed by atoms with van der Waals surface area (Å²) < 4.78 is 6.52. The number of ketones is 1. The summed E-state index contributed by atoms with van der Waals surface area (Å²) in [7, 11) is 0. The number of anilines is 1. The molecule has 172 valence electrons. The van der Waals surface area contributed by atoms with E-state index in [1.165, 1.54) is 12.1 Å². The molecule has 6 nitrogen and oxygen atoms in total. The number of fused-ring (bicyclic) bond motifs is 1. The average molecular weight is 447 g/mol. The first-order chi connectivity index (χ1) is 15.3. The predicted octanol–water partition coefficient (Wildman–Crippen LogP) is 6.41. The van der Waals surface area contributed by atoms with E-state index < -0.39 is 27.4 Å².